The van der Waals surface area contributed by atoms with Gasteiger partial charge in [-0.25, -0.2) is 4.79 Å². The molecule has 0 radical (unpaired) electrons. The highest BCUT2D eigenvalue weighted by molar-refractivity contribution is 6.11. The molecule has 0 saturated heterocycles. The molecule has 0 unspecified atom stereocenters. The highest BCUT2D eigenvalue weighted by Crippen LogP contribution is 2.36. The van der Waals surface area contributed by atoms with E-state index in [1.165, 1.54) is 4.90 Å². The van der Waals surface area contributed by atoms with Crippen molar-refractivity contribution < 1.29 is 24.2 Å². The number of carbonyl (C=O) groups excluding carboxylic acids is 3. The van der Waals surface area contributed by atoms with Gasteiger partial charge in [-0.3, -0.25) is 9.69 Å². The van der Waals surface area contributed by atoms with Gasteiger partial charge in [-0.1, -0.05) is 18.2 Å². The molecule has 0 spiro atoms. The first-order valence-corrected chi connectivity index (χ1v) is 6.94. The van der Waals surface area contributed by atoms with Crippen molar-refractivity contribution >= 4 is 23.5 Å². The Morgan fingerprint density at radius 1 is 1.27 bits per heavy atom. The number of ether oxygens (including phenoxy) is 1. The Hall–Kier alpha value is -2.63. The van der Waals surface area contributed by atoms with Gasteiger partial charge in [0.15, 0.2) is 0 Å². The zero-order valence-electron chi connectivity index (χ0n) is 12.4. The van der Waals surface area contributed by atoms with Gasteiger partial charge < -0.3 is 14.6 Å². The Morgan fingerprint density at radius 3 is 2.45 bits per heavy atom. The summed E-state index contributed by atoms with van der Waals surface area (Å²) in [5.41, 5.74) is 1.05. The summed E-state index contributed by atoms with van der Waals surface area (Å²) in [5.74, 6) is -3.60. The normalized spacial score (nSPS) is 17.8. The van der Waals surface area contributed by atoms with E-state index in [2.05, 4.69) is 0 Å². The highest BCUT2D eigenvalue weighted by atomic mass is 16.5. The maximum Gasteiger partial charge on any atom is 0.336 e. The zero-order chi connectivity index (χ0) is 16.3. The predicted octanol–water partition coefficient (Wildman–Crippen LogP) is 0.627. The number of amides is 1. The lowest BCUT2D eigenvalue weighted by Crippen LogP contribution is -2.33. The minimum absolute atomic E-state index is 0.0832. The third-order valence-corrected chi connectivity index (χ3v) is 3.47. The Kier molecular flexibility index (Phi) is 4.60. The van der Waals surface area contributed by atoms with Gasteiger partial charge in [0.1, 0.15) is 0 Å². The van der Waals surface area contributed by atoms with Gasteiger partial charge in [0.2, 0.25) is 5.91 Å². The molecule has 0 fully saturated rings. The standard InChI is InChI=1S/C16H17NO5/c1-3-22-16(21)14-10(2)17(11-7-5-4-6-8-11)15(20)12(14)9-13(18)19/h4-8,12H,3,9H2,1-2H3,(H,18,19)/p-1/t12-/m1/s1. The number of carbonyl (C=O) groups is 3. The number of aliphatic carboxylic acids is 1. The van der Waals surface area contributed by atoms with Crippen molar-refractivity contribution in [1.29, 1.82) is 0 Å². The average molecular weight is 302 g/mol. The second kappa shape index (κ2) is 6.43. The largest absolute Gasteiger partial charge is 0.550 e. The monoisotopic (exact) mass is 302 g/mol. The molecule has 0 aromatic heterocycles. The number of rotatable bonds is 5. The maximum atomic E-state index is 12.6. The Morgan fingerprint density at radius 2 is 1.91 bits per heavy atom. The summed E-state index contributed by atoms with van der Waals surface area (Å²) >= 11 is 0. The number of para-hydroxylation sites is 1. The van der Waals surface area contributed by atoms with Crippen molar-refractivity contribution in [3.63, 3.8) is 0 Å². The van der Waals surface area contributed by atoms with Gasteiger partial charge in [0.25, 0.3) is 0 Å². The molecule has 1 aliphatic rings. The van der Waals surface area contributed by atoms with Gasteiger partial charge in [-0.15, -0.1) is 0 Å². The van der Waals surface area contributed by atoms with Crippen molar-refractivity contribution in [2.45, 2.75) is 20.3 Å². The lowest BCUT2D eigenvalue weighted by atomic mass is 9.97. The Balaban J connectivity index is 2.47. The summed E-state index contributed by atoms with van der Waals surface area (Å²) in [6.07, 6.45) is -0.548. The summed E-state index contributed by atoms with van der Waals surface area (Å²) in [7, 11) is 0. The third-order valence-electron chi connectivity index (χ3n) is 3.47. The van der Waals surface area contributed by atoms with Crippen molar-refractivity contribution in [2.24, 2.45) is 5.92 Å². The van der Waals surface area contributed by atoms with E-state index in [1.807, 2.05) is 0 Å². The number of carboxylic acids is 1. The number of hydrogen-bond acceptors (Lipinski definition) is 5. The lowest BCUT2D eigenvalue weighted by Gasteiger charge is -2.19. The number of esters is 1. The first-order valence-electron chi connectivity index (χ1n) is 6.94. The van der Waals surface area contributed by atoms with E-state index in [0.29, 0.717) is 11.4 Å². The van der Waals surface area contributed by atoms with Crippen LogP contribution in [0.25, 0.3) is 0 Å². The van der Waals surface area contributed by atoms with Crippen LogP contribution in [0, 0.1) is 5.92 Å². The van der Waals surface area contributed by atoms with Gasteiger partial charge >= 0.3 is 5.97 Å². The number of hydrogen-bond donors (Lipinski definition) is 0. The molecule has 1 aromatic rings. The fraction of sp³-hybridized carbons (Fsp3) is 0.312. The summed E-state index contributed by atoms with van der Waals surface area (Å²) < 4.78 is 4.95. The lowest BCUT2D eigenvalue weighted by molar-refractivity contribution is -0.306. The average Bonchev–Trinajstić information content (AvgIpc) is 2.71. The quantitative estimate of drug-likeness (QED) is 0.744. The summed E-state index contributed by atoms with van der Waals surface area (Å²) in [5, 5.41) is 10.9. The van der Waals surface area contributed by atoms with Crippen LogP contribution in [-0.2, 0) is 19.1 Å². The number of nitrogens with zero attached hydrogens (tertiary/aromatic N) is 1. The molecule has 1 atom stereocenters. The molecule has 0 aliphatic carbocycles. The molecule has 22 heavy (non-hydrogen) atoms. The molecule has 6 nitrogen and oxygen atoms in total. The number of allylic oxidation sites excluding steroid dienone is 1. The van der Waals surface area contributed by atoms with Crippen LogP contribution in [0.4, 0.5) is 5.69 Å². The van der Waals surface area contributed by atoms with Crippen LogP contribution in [0.1, 0.15) is 20.3 Å². The van der Waals surface area contributed by atoms with E-state index in [9.17, 15) is 19.5 Å². The predicted molar refractivity (Wildman–Crippen MR) is 76.4 cm³/mol. The molecule has 0 bridgehead atoms. The summed E-state index contributed by atoms with van der Waals surface area (Å²) in [6, 6.07) is 8.74. The van der Waals surface area contributed by atoms with Gasteiger partial charge in [0, 0.05) is 23.8 Å². The second-order valence-electron chi connectivity index (χ2n) is 4.86. The number of anilines is 1. The van der Waals surface area contributed by atoms with E-state index < -0.39 is 30.2 Å². The van der Waals surface area contributed by atoms with Gasteiger partial charge in [-0.05, 0) is 26.0 Å². The van der Waals surface area contributed by atoms with E-state index in [4.69, 9.17) is 4.74 Å². The molecule has 0 saturated carbocycles. The van der Waals surface area contributed by atoms with Crippen molar-refractivity contribution in [3.8, 4) is 0 Å². The first-order chi connectivity index (χ1) is 10.5. The van der Waals surface area contributed by atoms with Gasteiger partial charge in [0.05, 0.1) is 18.1 Å². The molecule has 116 valence electrons. The SMILES string of the molecule is CCOC(=O)C1=C(C)N(c2ccccc2)C(=O)[C@@H]1CC(=O)[O-]. The van der Waals surface area contributed by atoms with Crippen LogP contribution in [0.3, 0.4) is 0 Å². The van der Waals surface area contributed by atoms with Crippen molar-refractivity contribution in [1.82, 2.24) is 0 Å². The van der Waals surface area contributed by atoms with Crippen LogP contribution >= 0.6 is 0 Å². The molecule has 1 aliphatic heterocycles. The fourth-order valence-electron chi connectivity index (χ4n) is 2.57. The molecule has 0 N–H and O–H groups in total. The first kappa shape index (κ1) is 15.8. The molecule has 1 amide bonds. The van der Waals surface area contributed by atoms with E-state index in [1.54, 1.807) is 44.2 Å². The molecule has 2 rings (SSSR count). The van der Waals surface area contributed by atoms with Crippen LogP contribution in [0.5, 0.6) is 0 Å². The molecule has 6 heteroatoms. The van der Waals surface area contributed by atoms with Crippen LogP contribution in [0.15, 0.2) is 41.6 Å². The second-order valence-corrected chi connectivity index (χ2v) is 4.86. The Bertz CT molecular complexity index is 635. The molecular weight excluding hydrogens is 286 g/mol. The topological polar surface area (TPSA) is 86.7 Å². The van der Waals surface area contributed by atoms with E-state index in [0.717, 1.165) is 0 Å². The zero-order valence-corrected chi connectivity index (χ0v) is 12.4. The maximum absolute atomic E-state index is 12.6. The Labute approximate surface area is 128 Å². The summed E-state index contributed by atoms with van der Waals surface area (Å²) in [4.78, 5) is 36.9. The van der Waals surface area contributed by atoms with Gasteiger partial charge in [-0.2, -0.15) is 0 Å². The number of benzene rings is 1. The van der Waals surface area contributed by atoms with Crippen molar-refractivity contribution in [3.05, 3.63) is 41.6 Å². The van der Waals surface area contributed by atoms with Crippen LogP contribution < -0.4 is 10.0 Å². The van der Waals surface area contributed by atoms with Crippen LogP contribution in [-0.4, -0.2) is 24.5 Å². The minimum atomic E-state index is -1.39. The molecule has 1 heterocycles. The number of carboxylic acid groups (broad SMARTS) is 1. The smallest absolute Gasteiger partial charge is 0.336 e. The molecular formula is C16H16NO5-. The van der Waals surface area contributed by atoms with E-state index >= 15 is 0 Å². The molecule has 1 aromatic carbocycles. The third kappa shape index (κ3) is 2.86. The summed E-state index contributed by atoms with van der Waals surface area (Å²) in [6.45, 7) is 3.40. The van der Waals surface area contributed by atoms with Crippen LogP contribution in [0.2, 0.25) is 0 Å². The fourth-order valence-corrected chi connectivity index (χ4v) is 2.57. The minimum Gasteiger partial charge on any atom is -0.550 e. The van der Waals surface area contributed by atoms with Crippen molar-refractivity contribution in [2.75, 3.05) is 11.5 Å². The van der Waals surface area contributed by atoms with E-state index in [-0.39, 0.29) is 12.2 Å². The highest BCUT2D eigenvalue weighted by Gasteiger charge is 2.42.